The van der Waals surface area contributed by atoms with Gasteiger partial charge in [-0.05, 0) is 38.8 Å². The highest BCUT2D eigenvalue weighted by atomic mass is 16.5. The number of fused-ring (bicyclic) bond motifs is 1. The van der Waals surface area contributed by atoms with Crippen molar-refractivity contribution in [2.45, 2.75) is 32.8 Å². The van der Waals surface area contributed by atoms with Gasteiger partial charge in [-0.15, -0.1) is 0 Å². The lowest BCUT2D eigenvalue weighted by Crippen LogP contribution is -2.20. The van der Waals surface area contributed by atoms with Gasteiger partial charge in [-0.25, -0.2) is 4.98 Å². The fourth-order valence-corrected chi connectivity index (χ4v) is 3.70. The lowest BCUT2D eigenvalue weighted by Gasteiger charge is -2.19. The molecule has 1 aliphatic rings. The van der Waals surface area contributed by atoms with Gasteiger partial charge in [0.1, 0.15) is 23.1 Å². The predicted molar refractivity (Wildman–Crippen MR) is 125 cm³/mol. The van der Waals surface area contributed by atoms with Crippen LogP contribution in [0.2, 0.25) is 0 Å². The number of pyridine rings is 2. The van der Waals surface area contributed by atoms with Crippen molar-refractivity contribution in [1.82, 2.24) is 24.3 Å². The van der Waals surface area contributed by atoms with Crippen molar-refractivity contribution in [2.75, 3.05) is 28.6 Å². The molecule has 0 aliphatic carbocycles. The maximum absolute atomic E-state index is 5.71. The highest BCUT2D eigenvalue weighted by molar-refractivity contribution is 5.65. The molecule has 0 aromatic carbocycles. The number of nitrogens with zero attached hydrogens (tertiary/aromatic N) is 6. The first-order chi connectivity index (χ1) is 15.6. The van der Waals surface area contributed by atoms with Crippen LogP contribution in [0.15, 0.2) is 55.0 Å². The van der Waals surface area contributed by atoms with E-state index in [0.717, 1.165) is 30.2 Å². The van der Waals surface area contributed by atoms with E-state index in [1.165, 1.54) is 12.8 Å². The molecule has 0 saturated carbocycles. The highest BCUT2D eigenvalue weighted by Crippen LogP contribution is 2.26. The average molecular weight is 431 g/mol. The van der Waals surface area contributed by atoms with Crippen LogP contribution < -0.4 is 20.3 Å². The molecule has 1 aliphatic heterocycles. The Balaban J connectivity index is 1.44. The minimum Gasteiger partial charge on any atom is -0.475 e. The second-order valence-corrected chi connectivity index (χ2v) is 8.01. The molecule has 0 spiro atoms. The van der Waals surface area contributed by atoms with Crippen LogP contribution in [0.3, 0.4) is 0 Å². The van der Waals surface area contributed by atoms with Gasteiger partial charge in [0, 0.05) is 55.6 Å². The summed E-state index contributed by atoms with van der Waals surface area (Å²) in [7, 11) is 0. The molecule has 9 nitrogen and oxygen atoms in total. The van der Waals surface area contributed by atoms with Gasteiger partial charge in [0.25, 0.3) is 0 Å². The fraction of sp³-hybridized carbons (Fsp3) is 0.304. The lowest BCUT2D eigenvalue weighted by molar-refractivity contribution is 0.233. The third-order valence-corrected chi connectivity index (χ3v) is 5.13. The van der Waals surface area contributed by atoms with Gasteiger partial charge >= 0.3 is 0 Å². The average Bonchev–Trinajstić information content (AvgIpc) is 3.45. The Morgan fingerprint density at radius 2 is 1.81 bits per heavy atom. The third kappa shape index (κ3) is 4.56. The minimum atomic E-state index is 0.0516. The number of rotatable bonds is 7. The molecule has 0 unspecified atom stereocenters. The molecule has 2 N–H and O–H groups in total. The van der Waals surface area contributed by atoms with Crippen LogP contribution in [-0.2, 0) is 0 Å². The molecule has 0 amide bonds. The first-order valence-corrected chi connectivity index (χ1v) is 10.9. The molecule has 4 aromatic rings. The first kappa shape index (κ1) is 20.0. The monoisotopic (exact) mass is 430 g/mol. The Morgan fingerprint density at radius 1 is 0.938 bits per heavy atom. The molecule has 1 saturated heterocycles. The quantitative estimate of drug-likeness (QED) is 0.446. The van der Waals surface area contributed by atoms with Crippen LogP contribution >= 0.6 is 0 Å². The van der Waals surface area contributed by atoms with Gasteiger partial charge in [0.2, 0.25) is 11.8 Å². The molecule has 0 atom stereocenters. The van der Waals surface area contributed by atoms with Crippen molar-refractivity contribution in [3.05, 3.63) is 55.0 Å². The molecule has 1 fully saturated rings. The summed E-state index contributed by atoms with van der Waals surface area (Å²) in [6.07, 6.45) is 8.06. The summed E-state index contributed by atoms with van der Waals surface area (Å²) in [6.45, 7) is 5.93. The Kier molecular flexibility index (Phi) is 5.45. The van der Waals surface area contributed by atoms with Gasteiger partial charge in [-0.2, -0.15) is 15.0 Å². The second-order valence-electron chi connectivity index (χ2n) is 8.01. The van der Waals surface area contributed by atoms with Crippen molar-refractivity contribution in [3.8, 4) is 5.88 Å². The second kappa shape index (κ2) is 8.70. The van der Waals surface area contributed by atoms with E-state index in [1.807, 2.05) is 67.0 Å². The van der Waals surface area contributed by atoms with E-state index >= 15 is 0 Å². The minimum absolute atomic E-state index is 0.0516. The number of aromatic nitrogens is 5. The number of hydrogen-bond acceptors (Lipinski definition) is 8. The summed E-state index contributed by atoms with van der Waals surface area (Å²) in [5.74, 6) is 3.26. The maximum atomic E-state index is 5.71. The summed E-state index contributed by atoms with van der Waals surface area (Å²) in [6, 6.07) is 11.6. The van der Waals surface area contributed by atoms with Gasteiger partial charge in [-0.3, -0.25) is 0 Å². The molecule has 32 heavy (non-hydrogen) atoms. The number of ether oxygens (including phenoxy) is 1. The Hall–Kier alpha value is -3.88. The van der Waals surface area contributed by atoms with Gasteiger partial charge in [0.15, 0.2) is 0 Å². The molecule has 4 aromatic heterocycles. The van der Waals surface area contributed by atoms with E-state index in [1.54, 1.807) is 6.20 Å². The van der Waals surface area contributed by atoms with Crippen molar-refractivity contribution in [3.63, 3.8) is 0 Å². The zero-order chi connectivity index (χ0) is 21.9. The van der Waals surface area contributed by atoms with Gasteiger partial charge in [-0.1, -0.05) is 6.07 Å². The van der Waals surface area contributed by atoms with Crippen LogP contribution in [0, 0.1) is 0 Å². The standard InChI is InChI=1S/C23H26N8O/c1-16(2)32-22-7-5-6-18(26-22)27-23-28-19(15-21(29-23)30-10-3-4-11-30)25-17-8-12-31-13-9-24-20(31)14-17/h5-9,12-16H,3-4,10-11H2,1-2H3,(H2,25,26,27,28,29). The van der Waals surface area contributed by atoms with Crippen LogP contribution in [0.25, 0.3) is 5.65 Å². The Bertz CT molecular complexity index is 1220. The van der Waals surface area contributed by atoms with Crippen LogP contribution in [0.4, 0.5) is 29.1 Å². The molecule has 164 valence electrons. The maximum Gasteiger partial charge on any atom is 0.232 e. The van der Waals surface area contributed by atoms with Crippen LogP contribution in [-0.4, -0.2) is 43.5 Å². The first-order valence-electron chi connectivity index (χ1n) is 10.9. The number of anilines is 5. The third-order valence-electron chi connectivity index (χ3n) is 5.13. The zero-order valence-corrected chi connectivity index (χ0v) is 18.2. The molecule has 0 radical (unpaired) electrons. The van der Waals surface area contributed by atoms with Crippen molar-refractivity contribution in [1.29, 1.82) is 0 Å². The number of hydrogen-bond donors (Lipinski definition) is 2. The predicted octanol–water partition coefficient (Wildman–Crippen LogP) is 4.39. The normalized spacial score (nSPS) is 13.7. The van der Waals surface area contributed by atoms with E-state index < -0.39 is 0 Å². The number of imidazole rings is 1. The largest absolute Gasteiger partial charge is 0.475 e. The van der Waals surface area contributed by atoms with Gasteiger partial charge in [0.05, 0.1) is 6.10 Å². The lowest BCUT2D eigenvalue weighted by atomic mass is 10.3. The van der Waals surface area contributed by atoms with E-state index in [4.69, 9.17) is 9.72 Å². The molecule has 0 bridgehead atoms. The smallest absolute Gasteiger partial charge is 0.232 e. The van der Waals surface area contributed by atoms with Crippen LogP contribution in [0.1, 0.15) is 26.7 Å². The molecular formula is C23H26N8O. The van der Waals surface area contributed by atoms with E-state index in [-0.39, 0.29) is 6.10 Å². The molecule has 5 rings (SSSR count). The topological polar surface area (TPSA) is 92.5 Å². The van der Waals surface area contributed by atoms with Crippen LogP contribution in [0.5, 0.6) is 5.88 Å². The summed E-state index contributed by atoms with van der Waals surface area (Å²) in [5.41, 5.74) is 1.78. The SMILES string of the molecule is CC(C)Oc1cccc(Nc2nc(Nc3ccn4ccnc4c3)cc(N3CCCC3)n2)n1. The van der Waals surface area contributed by atoms with Crippen molar-refractivity contribution in [2.24, 2.45) is 0 Å². The highest BCUT2D eigenvalue weighted by Gasteiger charge is 2.16. The van der Waals surface area contributed by atoms with E-state index in [2.05, 4.69) is 30.5 Å². The molecule has 5 heterocycles. The van der Waals surface area contributed by atoms with Crippen molar-refractivity contribution >= 4 is 34.7 Å². The summed E-state index contributed by atoms with van der Waals surface area (Å²) >= 11 is 0. The van der Waals surface area contributed by atoms with E-state index in [0.29, 0.717) is 23.5 Å². The van der Waals surface area contributed by atoms with Crippen molar-refractivity contribution < 1.29 is 4.74 Å². The molecule has 9 heteroatoms. The zero-order valence-electron chi connectivity index (χ0n) is 18.2. The fourth-order valence-electron chi connectivity index (χ4n) is 3.70. The summed E-state index contributed by atoms with van der Waals surface area (Å²) < 4.78 is 7.67. The Labute approximate surface area is 186 Å². The molecular weight excluding hydrogens is 404 g/mol. The number of nitrogens with one attached hydrogen (secondary N) is 2. The van der Waals surface area contributed by atoms with Gasteiger partial charge < -0.3 is 24.7 Å². The van der Waals surface area contributed by atoms with E-state index in [9.17, 15) is 0 Å². The Morgan fingerprint density at radius 3 is 2.66 bits per heavy atom. The summed E-state index contributed by atoms with van der Waals surface area (Å²) in [5, 5.41) is 6.63. The summed E-state index contributed by atoms with van der Waals surface area (Å²) in [4.78, 5) is 20.6.